The Labute approximate surface area is 56.7 Å². The summed E-state index contributed by atoms with van der Waals surface area (Å²) in [4.78, 5) is 0. The van der Waals surface area contributed by atoms with Crippen LogP contribution >= 0.6 is 0 Å². The molecule has 0 heterocycles. The van der Waals surface area contributed by atoms with Crippen molar-refractivity contribution in [2.45, 2.75) is 32.1 Å². The summed E-state index contributed by atoms with van der Waals surface area (Å²) < 4.78 is 0. The standard InChI is InChI=1S/C8H12N/c9-7-6-8-4-2-1-3-5-8/h6,8H,1-5H2. The van der Waals surface area contributed by atoms with Crippen LogP contribution in [0.5, 0.6) is 0 Å². The van der Waals surface area contributed by atoms with Gasteiger partial charge in [0.15, 0.2) is 0 Å². The highest BCUT2D eigenvalue weighted by Gasteiger charge is 2.12. The zero-order valence-electron chi connectivity index (χ0n) is 5.64. The Hall–Kier alpha value is -0.510. The first-order valence-electron chi connectivity index (χ1n) is 3.66. The third-order valence-electron chi connectivity index (χ3n) is 1.96. The van der Waals surface area contributed by atoms with Crippen LogP contribution in [-0.4, -0.2) is 0 Å². The zero-order valence-corrected chi connectivity index (χ0v) is 5.64. The molecule has 1 heteroatoms. The molecule has 0 amide bonds. The largest absolute Gasteiger partial charge is 0.198 e. The highest BCUT2D eigenvalue weighted by molar-refractivity contribution is 4.97. The lowest BCUT2D eigenvalue weighted by Crippen LogP contribution is -2.05. The first kappa shape index (κ1) is 6.61. The van der Waals surface area contributed by atoms with E-state index < -0.39 is 0 Å². The van der Waals surface area contributed by atoms with Gasteiger partial charge in [0, 0.05) is 0 Å². The van der Waals surface area contributed by atoms with Crippen molar-refractivity contribution in [2.24, 2.45) is 5.92 Å². The molecule has 0 unspecified atom stereocenters. The van der Waals surface area contributed by atoms with Gasteiger partial charge in [0.05, 0.1) is 12.5 Å². The second-order valence-electron chi connectivity index (χ2n) is 2.69. The summed E-state index contributed by atoms with van der Waals surface area (Å²) >= 11 is 0. The van der Waals surface area contributed by atoms with Crippen LogP contribution in [0, 0.1) is 23.7 Å². The van der Waals surface area contributed by atoms with Crippen LogP contribution in [-0.2, 0) is 0 Å². The number of hydrogen-bond donors (Lipinski definition) is 0. The summed E-state index contributed by atoms with van der Waals surface area (Å²) in [7, 11) is 0. The SMILES string of the molecule is N#C[CH]C1CCCCC1. The van der Waals surface area contributed by atoms with Crippen molar-refractivity contribution in [2.75, 3.05) is 0 Å². The molecular formula is C8H12N. The predicted octanol–water partition coefficient (Wildman–Crippen LogP) is 2.29. The fraction of sp³-hybridized carbons (Fsp3) is 0.750. The second-order valence-corrected chi connectivity index (χ2v) is 2.69. The summed E-state index contributed by atoms with van der Waals surface area (Å²) in [6, 6.07) is 2.11. The molecule has 1 aliphatic rings. The van der Waals surface area contributed by atoms with Crippen molar-refractivity contribution >= 4 is 0 Å². The first-order valence-corrected chi connectivity index (χ1v) is 3.66. The third kappa shape index (κ3) is 2.05. The lowest BCUT2D eigenvalue weighted by Gasteiger charge is -2.17. The first-order chi connectivity index (χ1) is 4.43. The van der Waals surface area contributed by atoms with Gasteiger partial charge in [0.1, 0.15) is 0 Å². The molecule has 1 saturated carbocycles. The van der Waals surface area contributed by atoms with Gasteiger partial charge in [-0.05, 0) is 18.8 Å². The van der Waals surface area contributed by atoms with E-state index in [4.69, 9.17) is 5.26 Å². The maximum Gasteiger partial charge on any atom is 0.0672 e. The predicted molar refractivity (Wildman–Crippen MR) is 36.5 cm³/mol. The number of hydrogen-bond acceptors (Lipinski definition) is 1. The van der Waals surface area contributed by atoms with Gasteiger partial charge in [-0.15, -0.1) is 0 Å². The second kappa shape index (κ2) is 3.50. The highest BCUT2D eigenvalue weighted by Crippen LogP contribution is 2.24. The van der Waals surface area contributed by atoms with Crippen LogP contribution < -0.4 is 0 Å². The van der Waals surface area contributed by atoms with Crippen molar-refractivity contribution < 1.29 is 0 Å². The third-order valence-corrected chi connectivity index (χ3v) is 1.96. The van der Waals surface area contributed by atoms with Gasteiger partial charge in [0.25, 0.3) is 0 Å². The van der Waals surface area contributed by atoms with E-state index in [2.05, 4.69) is 6.07 Å². The van der Waals surface area contributed by atoms with E-state index in [-0.39, 0.29) is 0 Å². The quantitative estimate of drug-likeness (QED) is 0.523. The molecule has 1 aliphatic carbocycles. The molecule has 0 aromatic carbocycles. The van der Waals surface area contributed by atoms with Crippen LogP contribution in [0.4, 0.5) is 0 Å². The van der Waals surface area contributed by atoms with Crippen LogP contribution in [0.1, 0.15) is 32.1 Å². The molecule has 0 aromatic heterocycles. The molecule has 0 spiro atoms. The summed E-state index contributed by atoms with van der Waals surface area (Å²) in [6.45, 7) is 0. The lowest BCUT2D eigenvalue weighted by molar-refractivity contribution is 0.406. The highest BCUT2D eigenvalue weighted by atomic mass is 14.3. The van der Waals surface area contributed by atoms with Crippen molar-refractivity contribution in [1.29, 1.82) is 5.26 Å². The molecule has 1 fully saturated rings. The monoisotopic (exact) mass is 122 g/mol. The van der Waals surface area contributed by atoms with Crippen molar-refractivity contribution in [3.8, 4) is 6.07 Å². The van der Waals surface area contributed by atoms with Gasteiger partial charge in [0.2, 0.25) is 0 Å². The molecule has 0 atom stereocenters. The van der Waals surface area contributed by atoms with Crippen molar-refractivity contribution in [3.05, 3.63) is 6.42 Å². The Morgan fingerprint density at radius 1 is 1.22 bits per heavy atom. The summed E-state index contributed by atoms with van der Waals surface area (Å²) in [5.74, 6) is 0.615. The molecule has 0 aromatic rings. The maximum atomic E-state index is 8.31. The van der Waals surface area contributed by atoms with Gasteiger partial charge in [-0.3, -0.25) is 0 Å². The van der Waals surface area contributed by atoms with Gasteiger partial charge in [-0.1, -0.05) is 19.3 Å². The summed E-state index contributed by atoms with van der Waals surface area (Å²) in [6.07, 6.45) is 8.29. The molecule has 9 heavy (non-hydrogen) atoms. The minimum atomic E-state index is 0.615. The molecular weight excluding hydrogens is 110 g/mol. The molecule has 0 saturated heterocycles. The molecule has 49 valence electrons. The Morgan fingerprint density at radius 2 is 1.89 bits per heavy atom. The summed E-state index contributed by atoms with van der Waals surface area (Å²) in [5.41, 5.74) is 0. The summed E-state index contributed by atoms with van der Waals surface area (Å²) in [5, 5.41) is 8.31. The zero-order chi connectivity index (χ0) is 6.53. The van der Waals surface area contributed by atoms with E-state index in [0.717, 1.165) is 0 Å². The van der Waals surface area contributed by atoms with E-state index in [9.17, 15) is 0 Å². The normalized spacial score (nSPS) is 21.2. The average molecular weight is 122 g/mol. The Kier molecular flexibility index (Phi) is 2.57. The van der Waals surface area contributed by atoms with Gasteiger partial charge in [-0.25, -0.2) is 0 Å². The van der Waals surface area contributed by atoms with E-state index in [0.29, 0.717) is 5.92 Å². The Bertz CT molecular complexity index is 106. The lowest BCUT2D eigenvalue weighted by atomic mass is 9.87. The molecule has 0 N–H and O–H groups in total. The minimum Gasteiger partial charge on any atom is -0.198 e. The smallest absolute Gasteiger partial charge is 0.0672 e. The van der Waals surface area contributed by atoms with E-state index in [1.165, 1.54) is 32.1 Å². The molecule has 1 nitrogen and oxygen atoms in total. The van der Waals surface area contributed by atoms with Crippen LogP contribution in [0.15, 0.2) is 0 Å². The van der Waals surface area contributed by atoms with Crippen LogP contribution in [0.2, 0.25) is 0 Å². The van der Waals surface area contributed by atoms with Gasteiger partial charge < -0.3 is 0 Å². The van der Waals surface area contributed by atoms with E-state index in [1.807, 2.05) is 0 Å². The minimum absolute atomic E-state index is 0.615. The fourth-order valence-electron chi connectivity index (χ4n) is 1.41. The average Bonchev–Trinajstić information content (AvgIpc) is 1.91. The molecule has 0 bridgehead atoms. The van der Waals surface area contributed by atoms with Gasteiger partial charge in [-0.2, -0.15) is 5.26 Å². The fourth-order valence-corrected chi connectivity index (χ4v) is 1.41. The Balaban J connectivity index is 2.17. The number of rotatable bonds is 1. The van der Waals surface area contributed by atoms with E-state index in [1.54, 1.807) is 6.42 Å². The topological polar surface area (TPSA) is 23.8 Å². The van der Waals surface area contributed by atoms with Crippen LogP contribution in [0.25, 0.3) is 0 Å². The van der Waals surface area contributed by atoms with Gasteiger partial charge >= 0.3 is 0 Å². The molecule has 1 rings (SSSR count). The maximum absolute atomic E-state index is 8.31. The number of nitrogens with zero attached hydrogens (tertiary/aromatic N) is 1. The number of nitriles is 1. The van der Waals surface area contributed by atoms with E-state index >= 15 is 0 Å². The Morgan fingerprint density at radius 3 is 2.44 bits per heavy atom. The van der Waals surface area contributed by atoms with Crippen LogP contribution in [0.3, 0.4) is 0 Å². The van der Waals surface area contributed by atoms with Crippen molar-refractivity contribution in [1.82, 2.24) is 0 Å². The van der Waals surface area contributed by atoms with Crippen molar-refractivity contribution in [3.63, 3.8) is 0 Å². The molecule has 1 radical (unpaired) electrons. The molecule has 0 aliphatic heterocycles.